The Balaban J connectivity index is 4.24. The van der Waals surface area contributed by atoms with Gasteiger partial charge in [0.1, 0.15) is 5.60 Å². The lowest BCUT2D eigenvalue weighted by Crippen LogP contribution is -2.31. The zero-order valence-electron chi connectivity index (χ0n) is 9.54. The van der Waals surface area contributed by atoms with Gasteiger partial charge in [0.25, 0.3) is 0 Å². The molecule has 0 aromatic carbocycles. The summed E-state index contributed by atoms with van der Waals surface area (Å²) in [5, 5.41) is 0. The lowest BCUT2D eigenvalue weighted by molar-refractivity contribution is -0.155. The van der Waals surface area contributed by atoms with Crippen molar-refractivity contribution in [2.24, 2.45) is 0 Å². The molecule has 0 unspecified atom stereocenters. The molecule has 15 heavy (non-hydrogen) atoms. The van der Waals surface area contributed by atoms with Gasteiger partial charge in [-0.25, -0.2) is 4.79 Å². The van der Waals surface area contributed by atoms with E-state index in [9.17, 15) is 9.59 Å². The molecular formula is C11H18O4. The third-order valence-corrected chi connectivity index (χ3v) is 2.35. The number of hydrogen-bond acceptors (Lipinski definition) is 4. The second kappa shape index (κ2) is 6.22. The van der Waals surface area contributed by atoms with E-state index in [-0.39, 0.29) is 12.4 Å². The molecule has 0 radical (unpaired) electrons. The first-order valence-corrected chi connectivity index (χ1v) is 4.89. The van der Waals surface area contributed by atoms with Crippen LogP contribution in [0.3, 0.4) is 0 Å². The minimum atomic E-state index is -0.626. The highest BCUT2D eigenvalue weighted by Crippen LogP contribution is 2.22. The summed E-state index contributed by atoms with van der Waals surface area (Å²) in [6, 6.07) is 0. The topological polar surface area (TPSA) is 52.6 Å². The average molecular weight is 214 g/mol. The van der Waals surface area contributed by atoms with E-state index in [0.717, 1.165) is 6.08 Å². The van der Waals surface area contributed by atoms with Crippen molar-refractivity contribution in [3.63, 3.8) is 0 Å². The third-order valence-electron chi connectivity index (χ3n) is 2.35. The lowest BCUT2D eigenvalue weighted by atomic mass is 9.97. The second-order valence-corrected chi connectivity index (χ2v) is 3.50. The number of hydrogen-bond donors (Lipinski definition) is 0. The van der Waals surface area contributed by atoms with Crippen LogP contribution in [0.1, 0.15) is 33.1 Å². The fourth-order valence-corrected chi connectivity index (χ4v) is 1.05. The highest BCUT2D eigenvalue weighted by Gasteiger charge is 2.26. The Morgan fingerprint density at radius 3 is 2.47 bits per heavy atom. The van der Waals surface area contributed by atoms with E-state index >= 15 is 0 Å². The molecule has 0 aliphatic heterocycles. The van der Waals surface area contributed by atoms with E-state index in [0.29, 0.717) is 12.8 Å². The predicted molar refractivity (Wildman–Crippen MR) is 56.2 cm³/mol. The van der Waals surface area contributed by atoms with E-state index in [2.05, 4.69) is 11.3 Å². The number of carbonyl (C=O) groups excluding carboxylic acids is 2. The van der Waals surface area contributed by atoms with Crippen molar-refractivity contribution >= 4 is 11.9 Å². The summed E-state index contributed by atoms with van der Waals surface area (Å²) < 4.78 is 9.69. The summed E-state index contributed by atoms with van der Waals surface area (Å²) in [7, 11) is 1.33. The number of carbonyl (C=O) groups is 2. The highest BCUT2D eigenvalue weighted by atomic mass is 16.6. The summed E-state index contributed by atoms with van der Waals surface area (Å²) in [5.41, 5.74) is -0.626. The molecule has 0 bridgehead atoms. The van der Waals surface area contributed by atoms with Gasteiger partial charge in [0.2, 0.25) is 0 Å². The van der Waals surface area contributed by atoms with E-state index in [1.165, 1.54) is 7.11 Å². The smallest absolute Gasteiger partial charge is 0.330 e. The Morgan fingerprint density at radius 2 is 2.07 bits per heavy atom. The van der Waals surface area contributed by atoms with Crippen LogP contribution in [0, 0.1) is 0 Å². The molecular weight excluding hydrogens is 196 g/mol. The maximum absolute atomic E-state index is 11.0. The van der Waals surface area contributed by atoms with Gasteiger partial charge in [-0.05, 0) is 19.8 Å². The van der Waals surface area contributed by atoms with Gasteiger partial charge in [-0.3, -0.25) is 4.79 Å². The molecule has 86 valence electrons. The van der Waals surface area contributed by atoms with E-state index in [1.54, 1.807) is 6.92 Å². The van der Waals surface area contributed by atoms with Crippen molar-refractivity contribution in [2.75, 3.05) is 7.11 Å². The van der Waals surface area contributed by atoms with Crippen molar-refractivity contribution in [1.29, 1.82) is 0 Å². The Hall–Kier alpha value is -1.32. The van der Waals surface area contributed by atoms with Gasteiger partial charge >= 0.3 is 11.9 Å². The molecule has 0 spiro atoms. The van der Waals surface area contributed by atoms with Crippen molar-refractivity contribution in [3.05, 3.63) is 12.7 Å². The monoisotopic (exact) mass is 214 g/mol. The summed E-state index contributed by atoms with van der Waals surface area (Å²) in [4.78, 5) is 22.0. The SMILES string of the molecule is C=CC(=O)O[C@](C)(CC)CCC(=O)OC. The second-order valence-electron chi connectivity index (χ2n) is 3.50. The van der Waals surface area contributed by atoms with Gasteiger partial charge in [-0.15, -0.1) is 0 Å². The Bertz CT molecular complexity index is 247. The molecule has 0 aliphatic rings. The Kier molecular flexibility index (Phi) is 5.67. The quantitative estimate of drug-likeness (QED) is 0.500. The van der Waals surface area contributed by atoms with Crippen molar-refractivity contribution in [1.82, 2.24) is 0 Å². The minimum Gasteiger partial charge on any atom is -0.469 e. The van der Waals surface area contributed by atoms with Crippen LogP contribution in [-0.4, -0.2) is 24.6 Å². The minimum absolute atomic E-state index is 0.241. The van der Waals surface area contributed by atoms with Gasteiger partial charge in [0.15, 0.2) is 0 Å². The highest BCUT2D eigenvalue weighted by molar-refractivity contribution is 5.81. The van der Waals surface area contributed by atoms with Gasteiger partial charge in [0, 0.05) is 12.5 Å². The molecule has 0 aromatic heterocycles. The Morgan fingerprint density at radius 1 is 1.47 bits per heavy atom. The molecule has 0 aromatic rings. The average Bonchev–Trinajstić information content (AvgIpc) is 2.25. The molecule has 0 rings (SSSR count). The first-order chi connectivity index (χ1) is 6.97. The zero-order chi connectivity index (χ0) is 11.9. The summed E-state index contributed by atoms with van der Waals surface area (Å²) in [6.07, 6.45) is 2.46. The van der Waals surface area contributed by atoms with Crippen LogP contribution < -0.4 is 0 Å². The summed E-state index contributed by atoms with van der Waals surface area (Å²) in [5.74, 6) is -0.770. The Labute approximate surface area is 90.2 Å². The first-order valence-electron chi connectivity index (χ1n) is 4.89. The maximum atomic E-state index is 11.0. The number of esters is 2. The molecule has 0 aliphatic carbocycles. The first kappa shape index (κ1) is 13.7. The molecule has 0 saturated carbocycles. The van der Waals surface area contributed by atoms with Gasteiger partial charge < -0.3 is 9.47 Å². The fraction of sp³-hybridized carbons (Fsp3) is 0.636. The van der Waals surface area contributed by atoms with Crippen LogP contribution >= 0.6 is 0 Å². The lowest BCUT2D eigenvalue weighted by Gasteiger charge is -2.27. The molecule has 0 amide bonds. The van der Waals surface area contributed by atoms with Gasteiger partial charge in [-0.1, -0.05) is 13.5 Å². The normalized spacial score (nSPS) is 13.8. The predicted octanol–water partition coefficient (Wildman–Crippen LogP) is 1.84. The molecule has 0 N–H and O–H groups in total. The third kappa shape index (κ3) is 5.20. The van der Waals surface area contributed by atoms with Crippen LogP contribution in [-0.2, 0) is 19.1 Å². The molecule has 0 heterocycles. The molecule has 4 heteroatoms. The van der Waals surface area contributed by atoms with Crippen molar-refractivity contribution in [3.8, 4) is 0 Å². The van der Waals surface area contributed by atoms with Crippen LogP contribution in [0.5, 0.6) is 0 Å². The number of rotatable bonds is 6. The number of ether oxygens (including phenoxy) is 2. The summed E-state index contributed by atoms with van der Waals surface area (Å²) in [6.45, 7) is 7.01. The largest absolute Gasteiger partial charge is 0.469 e. The van der Waals surface area contributed by atoms with E-state index in [4.69, 9.17) is 4.74 Å². The fourth-order valence-electron chi connectivity index (χ4n) is 1.05. The van der Waals surface area contributed by atoms with E-state index < -0.39 is 11.6 Å². The summed E-state index contributed by atoms with van der Waals surface area (Å²) >= 11 is 0. The maximum Gasteiger partial charge on any atom is 0.330 e. The van der Waals surface area contributed by atoms with Crippen LogP contribution in [0.2, 0.25) is 0 Å². The van der Waals surface area contributed by atoms with Gasteiger partial charge in [-0.2, -0.15) is 0 Å². The molecule has 0 saturated heterocycles. The molecule has 4 nitrogen and oxygen atoms in total. The van der Waals surface area contributed by atoms with Crippen LogP contribution in [0.15, 0.2) is 12.7 Å². The molecule has 0 fully saturated rings. The molecule has 1 atom stereocenters. The van der Waals surface area contributed by atoms with Crippen LogP contribution in [0.4, 0.5) is 0 Å². The van der Waals surface area contributed by atoms with Gasteiger partial charge in [0.05, 0.1) is 7.11 Å². The number of methoxy groups -OCH3 is 1. The van der Waals surface area contributed by atoms with Crippen molar-refractivity contribution in [2.45, 2.75) is 38.7 Å². The zero-order valence-corrected chi connectivity index (χ0v) is 9.54. The van der Waals surface area contributed by atoms with E-state index in [1.807, 2.05) is 6.92 Å². The van der Waals surface area contributed by atoms with Crippen molar-refractivity contribution < 1.29 is 19.1 Å². The van der Waals surface area contributed by atoms with Crippen LogP contribution in [0.25, 0.3) is 0 Å². The standard InChI is InChI=1S/C11H18O4/c1-5-9(12)15-11(3,6-2)8-7-10(13)14-4/h5H,1,6-8H2,2-4H3/t11-/m1/s1.